The number of para-hydroxylation sites is 1. The highest BCUT2D eigenvalue weighted by atomic mass is 32.2. The number of aryl methyl sites for hydroxylation is 3. The molecule has 1 N–H and O–H groups in total. The molecule has 0 spiro atoms. The van der Waals surface area contributed by atoms with E-state index in [2.05, 4.69) is 5.32 Å². The number of hydrogen-bond acceptors (Lipinski definition) is 3. The van der Waals surface area contributed by atoms with E-state index in [9.17, 15) is 13.2 Å². The number of benzene rings is 2. The second-order valence-corrected chi connectivity index (χ2v) is 8.00. The van der Waals surface area contributed by atoms with E-state index in [1.54, 1.807) is 24.3 Å². The van der Waals surface area contributed by atoms with Crippen molar-refractivity contribution < 1.29 is 13.2 Å². The van der Waals surface area contributed by atoms with Gasteiger partial charge in [0.25, 0.3) is 0 Å². The minimum absolute atomic E-state index is 0.0618. The van der Waals surface area contributed by atoms with Crippen LogP contribution < -0.4 is 5.32 Å². The van der Waals surface area contributed by atoms with Crippen LogP contribution in [0.5, 0.6) is 0 Å². The second kappa shape index (κ2) is 7.62. The summed E-state index contributed by atoms with van der Waals surface area (Å²) in [4.78, 5) is 12.4. The van der Waals surface area contributed by atoms with Crippen LogP contribution in [0.25, 0.3) is 0 Å². The molecule has 2 aromatic carbocycles. The quantitative estimate of drug-likeness (QED) is 0.869. The molecule has 0 saturated heterocycles. The molecule has 0 atom stereocenters. The number of sulfone groups is 1. The zero-order valence-corrected chi connectivity index (χ0v) is 15.1. The van der Waals surface area contributed by atoms with Crippen LogP contribution >= 0.6 is 0 Å². The fraction of sp³-hybridized carbons (Fsp3) is 0.316. The van der Waals surface area contributed by atoms with Crippen LogP contribution in [-0.4, -0.2) is 20.1 Å². The van der Waals surface area contributed by atoms with Gasteiger partial charge in [0.05, 0.1) is 10.6 Å². The lowest BCUT2D eigenvalue weighted by atomic mass is 10.1. The maximum Gasteiger partial charge on any atom is 0.225 e. The first-order valence-electron chi connectivity index (χ1n) is 8.01. The van der Waals surface area contributed by atoms with Crippen LogP contribution in [0.4, 0.5) is 5.69 Å². The molecule has 0 aliphatic heterocycles. The topological polar surface area (TPSA) is 63.2 Å². The van der Waals surface area contributed by atoms with E-state index in [0.29, 0.717) is 0 Å². The molecule has 0 saturated carbocycles. The lowest BCUT2D eigenvalue weighted by molar-refractivity contribution is -0.115. The van der Waals surface area contributed by atoms with Crippen molar-refractivity contribution in [3.8, 4) is 0 Å². The summed E-state index contributed by atoms with van der Waals surface area (Å²) < 4.78 is 24.6. The number of anilines is 1. The van der Waals surface area contributed by atoms with Gasteiger partial charge in [-0.2, -0.15) is 0 Å². The Labute approximate surface area is 143 Å². The number of carbonyl (C=O) groups excluding carboxylic acids is 1. The van der Waals surface area contributed by atoms with E-state index >= 15 is 0 Å². The van der Waals surface area contributed by atoms with Gasteiger partial charge < -0.3 is 5.32 Å². The maximum absolute atomic E-state index is 12.3. The summed E-state index contributed by atoms with van der Waals surface area (Å²) in [6.45, 7) is 5.85. The first-order chi connectivity index (χ1) is 11.3. The highest BCUT2D eigenvalue weighted by Gasteiger charge is 2.17. The monoisotopic (exact) mass is 345 g/mol. The summed E-state index contributed by atoms with van der Waals surface area (Å²) >= 11 is 0. The standard InChI is InChI=1S/C19H23NO3S/c1-4-16-7-5-6-15(3)19(16)20-18(21)12-13-24(22,23)17-10-8-14(2)9-11-17/h5-11H,4,12-13H2,1-3H3,(H,20,21). The van der Waals surface area contributed by atoms with Gasteiger partial charge in [0, 0.05) is 12.1 Å². The molecule has 0 heterocycles. The highest BCUT2D eigenvalue weighted by Crippen LogP contribution is 2.21. The number of hydrogen-bond donors (Lipinski definition) is 1. The van der Waals surface area contributed by atoms with Crippen molar-refractivity contribution in [2.24, 2.45) is 0 Å². The minimum atomic E-state index is -3.45. The van der Waals surface area contributed by atoms with Crippen molar-refractivity contribution in [2.75, 3.05) is 11.1 Å². The van der Waals surface area contributed by atoms with Crippen molar-refractivity contribution in [1.29, 1.82) is 0 Å². The van der Waals surface area contributed by atoms with Gasteiger partial charge in [-0.25, -0.2) is 8.42 Å². The SMILES string of the molecule is CCc1cccc(C)c1NC(=O)CCS(=O)(=O)c1ccc(C)cc1. The Bertz CT molecular complexity index is 824. The van der Waals surface area contributed by atoms with Crippen LogP contribution in [0.1, 0.15) is 30.0 Å². The smallest absolute Gasteiger partial charge is 0.225 e. The molecule has 2 aromatic rings. The van der Waals surface area contributed by atoms with Gasteiger partial charge in [-0.3, -0.25) is 4.79 Å². The predicted molar refractivity (Wildman–Crippen MR) is 97.0 cm³/mol. The number of nitrogens with one attached hydrogen (secondary N) is 1. The Kier molecular flexibility index (Phi) is 5.78. The predicted octanol–water partition coefficient (Wildman–Crippen LogP) is 3.67. The molecule has 0 aliphatic carbocycles. The zero-order valence-electron chi connectivity index (χ0n) is 14.3. The van der Waals surface area contributed by atoms with Gasteiger partial charge in [-0.05, 0) is 43.5 Å². The van der Waals surface area contributed by atoms with Crippen molar-refractivity contribution >= 4 is 21.4 Å². The Balaban J connectivity index is 2.05. The normalized spacial score (nSPS) is 11.3. The van der Waals surface area contributed by atoms with Crippen LogP contribution in [0.15, 0.2) is 47.4 Å². The molecular formula is C19H23NO3S. The summed E-state index contributed by atoms with van der Waals surface area (Å²) in [5.41, 5.74) is 3.81. The van der Waals surface area contributed by atoms with Crippen LogP contribution in [0.2, 0.25) is 0 Å². The molecule has 1 amide bonds. The zero-order chi connectivity index (χ0) is 17.7. The van der Waals surface area contributed by atoms with Gasteiger partial charge >= 0.3 is 0 Å². The second-order valence-electron chi connectivity index (χ2n) is 5.89. The average Bonchev–Trinajstić information content (AvgIpc) is 2.55. The molecule has 5 heteroatoms. The van der Waals surface area contributed by atoms with Crippen molar-refractivity contribution in [3.63, 3.8) is 0 Å². The van der Waals surface area contributed by atoms with Crippen LogP contribution in [-0.2, 0) is 21.1 Å². The van der Waals surface area contributed by atoms with Gasteiger partial charge in [0.1, 0.15) is 0 Å². The van der Waals surface area contributed by atoms with E-state index < -0.39 is 9.84 Å². The molecule has 0 unspecified atom stereocenters. The van der Waals surface area contributed by atoms with Crippen LogP contribution in [0, 0.1) is 13.8 Å². The molecule has 0 radical (unpaired) electrons. The van der Waals surface area contributed by atoms with Gasteiger partial charge in [-0.1, -0.05) is 42.8 Å². The molecule has 0 aromatic heterocycles. The third-order valence-corrected chi connectivity index (χ3v) is 5.71. The largest absolute Gasteiger partial charge is 0.326 e. The highest BCUT2D eigenvalue weighted by molar-refractivity contribution is 7.91. The molecule has 0 aliphatic rings. The van der Waals surface area contributed by atoms with E-state index in [0.717, 1.165) is 28.8 Å². The molecule has 0 fully saturated rings. The van der Waals surface area contributed by atoms with Gasteiger partial charge in [-0.15, -0.1) is 0 Å². The Morgan fingerprint density at radius 3 is 2.33 bits per heavy atom. The summed E-state index contributed by atoms with van der Waals surface area (Å²) in [5.74, 6) is -0.482. The number of amides is 1. The fourth-order valence-electron chi connectivity index (χ4n) is 2.49. The first-order valence-corrected chi connectivity index (χ1v) is 9.66. The maximum atomic E-state index is 12.3. The third-order valence-electron chi connectivity index (χ3n) is 3.98. The van der Waals surface area contributed by atoms with Gasteiger partial charge in [0.2, 0.25) is 5.91 Å². The van der Waals surface area contributed by atoms with E-state index in [-0.39, 0.29) is 23.0 Å². The molecule has 128 valence electrons. The minimum Gasteiger partial charge on any atom is -0.326 e. The average molecular weight is 345 g/mol. The fourth-order valence-corrected chi connectivity index (χ4v) is 3.74. The Morgan fingerprint density at radius 2 is 1.71 bits per heavy atom. The summed E-state index contributed by atoms with van der Waals surface area (Å²) in [7, 11) is -3.45. The van der Waals surface area contributed by atoms with Crippen molar-refractivity contribution in [2.45, 2.75) is 38.5 Å². The third kappa shape index (κ3) is 4.45. The summed E-state index contributed by atoms with van der Waals surface area (Å²) in [5, 5.41) is 2.86. The Hall–Kier alpha value is -2.14. The number of rotatable bonds is 6. The summed E-state index contributed by atoms with van der Waals surface area (Å²) in [6, 6.07) is 12.5. The van der Waals surface area contributed by atoms with Crippen LogP contribution in [0.3, 0.4) is 0 Å². The van der Waals surface area contributed by atoms with E-state index in [1.165, 1.54) is 0 Å². The first kappa shape index (κ1) is 18.2. The van der Waals surface area contributed by atoms with E-state index in [4.69, 9.17) is 0 Å². The van der Waals surface area contributed by atoms with Crippen molar-refractivity contribution in [3.05, 3.63) is 59.2 Å². The molecule has 24 heavy (non-hydrogen) atoms. The molecule has 0 bridgehead atoms. The number of carbonyl (C=O) groups is 1. The Morgan fingerprint density at radius 1 is 1.04 bits per heavy atom. The molecule has 2 rings (SSSR count). The molecular weight excluding hydrogens is 322 g/mol. The molecule has 4 nitrogen and oxygen atoms in total. The summed E-state index contributed by atoms with van der Waals surface area (Å²) in [6.07, 6.45) is 0.743. The lowest BCUT2D eigenvalue weighted by Crippen LogP contribution is -2.18. The lowest BCUT2D eigenvalue weighted by Gasteiger charge is -2.13. The van der Waals surface area contributed by atoms with Gasteiger partial charge in [0.15, 0.2) is 9.84 Å². The van der Waals surface area contributed by atoms with Crippen molar-refractivity contribution in [1.82, 2.24) is 0 Å². The van der Waals surface area contributed by atoms with E-state index in [1.807, 2.05) is 39.0 Å².